The number of aliphatic imine (C=N–C) groups is 2. The third-order valence-corrected chi connectivity index (χ3v) is 3.36. The summed E-state index contributed by atoms with van der Waals surface area (Å²) in [7, 11) is 0. The second-order valence-corrected chi connectivity index (χ2v) is 5.69. The van der Waals surface area contributed by atoms with Crippen LogP contribution in [0.25, 0.3) is 0 Å². The van der Waals surface area contributed by atoms with Crippen LogP contribution in [-0.4, -0.2) is 25.2 Å². The quantitative estimate of drug-likeness (QED) is 0.326. The second kappa shape index (κ2) is 11.8. The van der Waals surface area contributed by atoms with Crippen LogP contribution in [0.1, 0.15) is 52.9 Å². The minimum Gasteiger partial charge on any atom is -0.211 e. The van der Waals surface area contributed by atoms with E-state index in [2.05, 4.69) is 30.8 Å². The van der Waals surface area contributed by atoms with E-state index in [0.717, 1.165) is 19.3 Å². The van der Waals surface area contributed by atoms with Crippen LogP contribution in [-0.2, 0) is 9.59 Å². The Morgan fingerprint density at radius 2 is 1.47 bits per heavy atom. The van der Waals surface area contributed by atoms with Crippen LogP contribution in [0.15, 0.2) is 9.98 Å². The van der Waals surface area contributed by atoms with Crippen LogP contribution >= 0.6 is 0 Å². The lowest BCUT2D eigenvalue weighted by molar-refractivity contribution is 0.332. The smallest absolute Gasteiger partial charge is 0.211 e. The first-order valence-corrected chi connectivity index (χ1v) is 7.17. The molecule has 0 aliphatic heterocycles. The van der Waals surface area contributed by atoms with Crippen molar-refractivity contribution in [2.75, 3.05) is 13.1 Å². The number of hydrogen-bond acceptors (Lipinski definition) is 4. The summed E-state index contributed by atoms with van der Waals surface area (Å²) in [5, 5.41) is 0. The van der Waals surface area contributed by atoms with Gasteiger partial charge in [-0.3, -0.25) is 0 Å². The molecule has 0 radical (unpaired) electrons. The minimum atomic E-state index is 0.450. The van der Waals surface area contributed by atoms with Crippen LogP contribution in [0.4, 0.5) is 0 Å². The summed E-state index contributed by atoms with van der Waals surface area (Å²) in [6.07, 6.45) is 8.73. The molecule has 0 saturated carbocycles. The summed E-state index contributed by atoms with van der Waals surface area (Å²) in [4.78, 5) is 27.1. The highest BCUT2D eigenvalue weighted by Crippen LogP contribution is 2.23. The highest BCUT2D eigenvalue weighted by Gasteiger charge is 2.12. The Kier molecular flexibility index (Phi) is 11.1. The lowest BCUT2D eigenvalue weighted by atomic mass is 9.87. The predicted molar refractivity (Wildman–Crippen MR) is 76.6 cm³/mol. The summed E-state index contributed by atoms with van der Waals surface area (Å²) < 4.78 is 0. The molecule has 0 aromatic rings. The van der Waals surface area contributed by atoms with Gasteiger partial charge in [-0.1, -0.05) is 33.6 Å². The van der Waals surface area contributed by atoms with Gasteiger partial charge in [0.05, 0.1) is 13.1 Å². The maximum atomic E-state index is 10.0. The Morgan fingerprint density at radius 1 is 0.842 bits per heavy atom. The molecule has 0 rings (SSSR count). The van der Waals surface area contributed by atoms with E-state index in [4.69, 9.17) is 0 Å². The molecule has 0 aliphatic rings. The first-order valence-electron chi connectivity index (χ1n) is 7.17. The summed E-state index contributed by atoms with van der Waals surface area (Å²) in [5.74, 6) is 1.79. The van der Waals surface area contributed by atoms with Crippen molar-refractivity contribution in [2.45, 2.75) is 52.9 Å². The van der Waals surface area contributed by atoms with E-state index in [0.29, 0.717) is 30.8 Å². The molecule has 0 amide bonds. The van der Waals surface area contributed by atoms with E-state index >= 15 is 0 Å². The van der Waals surface area contributed by atoms with Gasteiger partial charge in [0.1, 0.15) is 0 Å². The van der Waals surface area contributed by atoms with E-state index in [-0.39, 0.29) is 0 Å². The highest BCUT2D eigenvalue weighted by atomic mass is 16.1. The molecule has 0 saturated heterocycles. The van der Waals surface area contributed by atoms with Crippen molar-refractivity contribution in [3.8, 4) is 0 Å². The molecule has 4 nitrogen and oxygen atoms in total. The predicted octanol–water partition coefficient (Wildman–Crippen LogP) is 3.52. The Balaban J connectivity index is 3.69. The van der Waals surface area contributed by atoms with Gasteiger partial charge in [-0.2, -0.15) is 0 Å². The summed E-state index contributed by atoms with van der Waals surface area (Å²) >= 11 is 0. The lowest BCUT2D eigenvalue weighted by Crippen LogP contribution is -2.10. The van der Waals surface area contributed by atoms with Crippen molar-refractivity contribution < 1.29 is 9.59 Å². The lowest BCUT2D eigenvalue weighted by Gasteiger charge is -2.19. The molecule has 0 bridgehead atoms. The average Bonchev–Trinajstić information content (AvgIpc) is 2.35. The van der Waals surface area contributed by atoms with E-state index in [1.807, 2.05) is 0 Å². The van der Waals surface area contributed by atoms with Crippen LogP contribution < -0.4 is 0 Å². The Bertz CT molecular complexity index is 318. The Hall–Kier alpha value is -1.24. The third kappa shape index (κ3) is 11.6. The maximum absolute atomic E-state index is 10.0. The number of rotatable bonds is 11. The number of carbonyl (C=O) groups excluding carboxylic acids is 2. The first kappa shape index (κ1) is 17.8. The molecule has 0 spiro atoms. The molecule has 3 unspecified atom stereocenters. The van der Waals surface area contributed by atoms with Crippen molar-refractivity contribution in [3.63, 3.8) is 0 Å². The van der Waals surface area contributed by atoms with Crippen LogP contribution in [0.3, 0.4) is 0 Å². The molecule has 0 aliphatic carbocycles. The van der Waals surface area contributed by atoms with Crippen molar-refractivity contribution in [1.29, 1.82) is 0 Å². The number of hydrogen-bond donors (Lipinski definition) is 0. The van der Waals surface area contributed by atoms with E-state index in [1.54, 1.807) is 12.2 Å². The van der Waals surface area contributed by atoms with Gasteiger partial charge in [0.15, 0.2) is 0 Å². The van der Waals surface area contributed by atoms with Gasteiger partial charge in [0.2, 0.25) is 12.2 Å². The van der Waals surface area contributed by atoms with Crippen molar-refractivity contribution in [2.24, 2.45) is 27.7 Å². The van der Waals surface area contributed by atoms with Gasteiger partial charge in [-0.25, -0.2) is 19.6 Å². The van der Waals surface area contributed by atoms with Gasteiger partial charge in [0.25, 0.3) is 0 Å². The number of unbranched alkanes of at least 4 members (excludes halogenated alkanes) is 1. The molecule has 19 heavy (non-hydrogen) atoms. The molecule has 0 N–H and O–H groups in total. The monoisotopic (exact) mass is 266 g/mol. The van der Waals surface area contributed by atoms with E-state index < -0.39 is 0 Å². The molecular weight excluding hydrogens is 240 g/mol. The van der Waals surface area contributed by atoms with Gasteiger partial charge in [-0.05, 0) is 37.0 Å². The Labute approximate surface area is 116 Å². The first-order chi connectivity index (χ1) is 9.10. The topological polar surface area (TPSA) is 58.9 Å². The van der Waals surface area contributed by atoms with Crippen LogP contribution in [0.2, 0.25) is 0 Å². The molecular formula is C15H26N2O2. The summed E-state index contributed by atoms with van der Waals surface area (Å²) in [5.41, 5.74) is 0. The number of isocyanates is 2. The highest BCUT2D eigenvalue weighted by molar-refractivity contribution is 5.32. The maximum Gasteiger partial charge on any atom is 0.234 e. The van der Waals surface area contributed by atoms with Gasteiger partial charge < -0.3 is 0 Å². The van der Waals surface area contributed by atoms with E-state index in [9.17, 15) is 9.59 Å². The molecule has 0 fully saturated rings. The zero-order valence-corrected chi connectivity index (χ0v) is 12.4. The summed E-state index contributed by atoms with van der Waals surface area (Å²) in [6.45, 7) is 7.85. The molecule has 108 valence electrons. The van der Waals surface area contributed by atoms with Crippen LogP contribution in [0, 0.1) is 17.8 Å². The van der Waals surface area contributed by atoms with E-state index in [1.165, 1.54) is 12.8 Å². The molecule has 4 heteroatoms. The van der Waals surface area contributed by atoms with Crippen molar-refractivity contribution in [3.05, 3.63) is 0 Å². The zero-order chi connectivity index (χ0) is 14.5. The fourth-order valence-electron chi connectivity index (χ4n) is 2.58. The third-order valence-electron chi connectivity index (χ3n) is 3.36. The fourth-order valence-corrected chi connectivity index (χ4v) is 2.58. The number of nitrogens with zero attached hydrogens (tertiary/aromatic N) is 2. The fraction of sp³-hybridized carbons (Fsp3) is 0.867. The van der Waals surface area contributed by atoms with Gasteiger partial charge >= 0.3 is 0 Å². The van der Waals surface area contributed by atoms with Crippen molar-refractivity contribution in [1.82, 2.24) is 0 Å². The molecule has 0 heterocycles. The Morgan fingerprint density at radius 3 is 2.11 bits per heavy atom. The minimum absolute atomic E-state index is 0.450. The van der Waals surface area contributed by atoms with Gasteiger partial charge in [-0.15, -0.1) is 0 Å². The van der Waals surface area contributed by atoms with Gasteiger partial charge in [0, 0.05) is 0 Å². The molecule has 3 atom stereocenters. The van der Waals surface area contributed by atoms with Crippen molar-refractivity contribution >= 4 is 12.2 Å². The molecule has 0 aromatic heterocycles. The standard InChI is InChI=1S/C15H26N2O2/c1-13(6-4-5-7-16-11-18)8-14(2)9-15(3)10-17-12-19/h13-15H,4-10H2,1-3H3. The SMILES string of the molecule is CC(CCCCN=C=O)CC(C)CC(C)CN=C=O. The normalized spacial score (nSPS) is 14.9. The average molecular weight is 266 g/mol. The second-order valence-electron chi connectivity index (χ2n) is 5.69. The molecule has 0 aromatic carbocycles. The zero-order valence-electron chi connectivity index (χ0n) is 12.4. The van der Waals surface area contributed by atoms with Crippen LogP contribution in [0.5, 0.6) is 0 Å². The summed E-state index contributed by atoms with van der Waals surface area (Å²) in [6, 6.07) is 0. The largest absolute Gasteiger partial charge is 0.234 e.